The molecule has 21 heavy (non-hydrogen) atoms. The average molecular weight is 301 g/mol. The molecule has 0 amide bonds. The molecule has 1 heterocycles. The SMILES string of the molecule is Cc1ccccc1C(c1ccccc1Cl)N1CCNCC1. The van der Waals surface area contributed by atoms with E-state index in [9.17, 15) is 0 Å². The molecule has 1 atom stereocenters. The van der Waals surface area contributed by atoms with Gasteiger partial charge in [0.15, 0.2) is 0 Å². The summed E-state index contributed by atoms with van der Waals surface area (Å²) in [6, 6.07) is 17.1. The molecule has 1 aliphatic heterocycles. The van der Waals surface area contributed by atoms with Gasteiger partial charge in [0.2, 0.25) is 0 Å². The van der Waals surface area contributed by atoms with E-state index in [0.717, 1.165) is 31.2 Å². The maximum Gasteiger partial charge on any atom is 0.0619 e. The number of nitrogens with zero attached hydrogens (tertiary/aromatic N) is 1. The van der Waals surface area contributed by atoms with E-state index in [1.165, 1.54) is 16.7 Å². The number of halogens is 1. The number of aryl methyl sites for hydroxylation is 1. The van der Waals surface area contributed by atoms with Crippen LogP contribution < -0.4 is 5.32 Å². The molecule has 0 saturated carbocycles. The Morgan fingerprint density at radius 3 is 2.24 bits per heavy atom. The summed E-state index contributed by atoms with van der Waals surface area (Å²) in [7, 11) is 0. The summed E-state index contributed by atoms with van der Waals surface area (Å²) >= 11 is 6.50. The van der Waals surface area contributed by atoms with E-state index in [0.29, 0.717) is 0 Å². The Morgan fingerprint density at radius 1 is 0.952 bits per heavy atom. The summed E-state index contributed by atoms with van der Waals surface area (Å²) in [6.45, 7) is 6.34. The van der Waals surface area contributed by atoms with Crippen LogP contribution in [0.25, 0.3) is 0 Å². The van der Waals surface area contributed by atoms with E-state index >= 15 is 0 Å². The predicted molar refractivity (Wildman–Crippen MR) is 88.9 cm³/mol. The van der Waals surface area contributed by atoms with Gasteiger partial charge in [-0.3, -0.25) is 4.90 Å². The van der Waals surface area contributed by atoms with Gasteiger partial charge in [0.1, 0.15) is 0 Å². The average Bonchev–Trinajstić information content (AvgIpc) is 2.52. The van der Waals surface area contributed by atoms with Crippen molar-refractivity contribution in [2.24, 2.45) is 0 Å². The second-order valence-electron chi connectivity index (χ2n) is 5.57. The summed E-state index contributed by atoms with van der Waals surface area (Å²) in [6.07, 6.45) is 0. The maximum atomic E-state index is 6.50. The highest BCUT2D eigenvalue weighted by molar-refractivity contribution is 6.31. The zero-order chi connectivity index (χ0) is 14.7. The topological polar surface area (TPSA) is 15.3 Å². The number of hydrogen-bond acceptors (Lipinski definition) is 2. The van der Waals surface area contributed by atoms with Crippen LogP contribution in [-0.2, 0) is 0 Å². The lowest BCUT2D eigenvalue weighted by Gasteiger charge is -2.36. The lowest BCUT2D eigenvalue weighted by Crippen LogP contribution is -2.45. The molecule has 0 bridgehead atoms. The van der Waals surface area contributed by atoms with Gasteiger partial charge < -0.3 is 5.32 Å². The fourth-order valence-corrected chi connectivity index (χ4v) is 3.33. The van der Waals surface area contributed by atoms with Gasteiger partial charge in [0.25, 0.3) is 0 Å². The maximum absolute atomic E-state index is 6.50. The van der Waals surface area contributed by atoms with E-state index < -0.39 is 0 Å². The van der Waals surface area contributed by atoms with Crippen molar-refractivity contribution in [1.29, 1.82) is 0 Å². The van der Waals surface area contributed by atoms with Crippen LogP contribution in [0.15, 0.2) is 48.5 Å². The van der Waals surface area contributed by atoms with E-state index in [4.69, 9.17) is 11.6 Å². The second-order valence-corrected chi connectivity index (χ2v) is 5.97. The Morgan fingerprint density at radius 2 is 1.57 bits per heavy atom. The third kappa shape index (κ3) is 3.13. The minimum absolute atomic E-state index is 0.238. The van der Waals surface area contributed by atoms with Crippen LogP contribution in [-0.4, -0.2) is 31.1 Å². The third-order valence-electron chi connectivity index (χ3n) is 4.20. The van der Waals surface area contributed by atoms with Crippen LogP contribution in [0.4, 0.5) is 0 Å². The molecule has 3 rings (SSSR count). The molecule has 1 N–H and O–H groups in total. The normalized spacial score (nSPS) is 17.6. The third-order valence-corrected chi connectivity index (χ3v) is 4.54. The van der Waals surface area contributed by atoms with Gasteiger partial charge in [0.05, 0.1) is 6.04 Å². The van der Waals surface area contributed by atoms with Crippen molar-refractivity contribution in [3.8, 4) is 0 Å². The molecule has 3 heteroatoms. The summed E-state index contributed by atoms with van der Waals surface area (Å²) in [5, 5.41) is 4.28. The first kappa shape index (κ1) is 14.6. The number of benzene rings is 2. The van der Waals surface area contributed by atoms with Gasteiger partial charge >= 0.3 is 0 Å². The van der Waals surface area contributed by atoms with Gasteiger partial charge in [-0.05, 0) is 29.7 Å². The minimum atomic E-state index is 0.238. The first-order valence-corrected chi connectivity index (χ1v) is 7.90. The molecule has 0 aromatic heterocycles. The fourth-order valence-electron chi connectivity index (χ4n) is 3.09. The van der Waals surface area contributed by atoms with Gasteiger partial charge in [-0.15, -0.1) is 0 Å². The minimum Gasteiger partial charge on any atom is -0.314 e. The molecule has 0 aliphatic carbocycles. The van der Waals surface area contributed by atoms with Crippen LogP contribution >= 0.6 is 11.6 Å². The van der Waals surface area contributed by atoms with Crippen molar-refractivity contribution in [2.45, 2.75) is 13.0 Å². The highest BCUT2D eigenvalue weighted by Gasteiger charge is 2.26. The standard InChI is InChI=1S/C18H21ClN2/c1-14-6-2-3-7-15(14)18(21-12-10-20-11-13-21)16-8-4-5-9-17(16)19/h2-9,18,20H,10-13H2,1H3. The van der Waals surface area contributed by atoms with Crippen LogP contribution in [0.2, 0.25) is 5.02 Å². The van der Waals surface area contributed by atoms with Crippen molar-refractivity contribution in [1.82, 2.24) is 10.2 Å². The molecule has 2 aromatic rings. The number of piperazine rings is 1. The van der Waals surface area contributed by atoms with Crippen LogP contribution in [0.3, 0.4) is 0 Å². The van der Waals surface area contributed by atoms with E-state index in [-0.39, 0.29) is 6.04 Å². The monoisotopic (exact) mass is 300 g/mol. The number of hydrogen-bond donors (Lipinski definition) is 1. The largest absolute Gasteiger partial charge is 0.314 e. The molecule has 2 aromatic carbocycles. The fraction of sp³-hybridized carbons (Fsp3) is 0.333. The highest BCUT2D eigenvalue weighted by atomic mass is 35.5. The first-order chi connectivity index (χ1) is 10.3. The molecular weight excluding hydrogens is 280 g/mol. The molecule has 0 spiro atoms. The molecule has 110 valence electrons. The van der Waals surface area contributed by atoms with Crippen LogP contribution in [0.1, 0.15) is 22.7 Å². The molecule has 1 fully saturated rings. The first-order valence-electron chi connectivity index (χ1n) is 7.52. The Kier molecular flexibility index (Phi) is 4.59. The van der Waals surface area contributed by atoms with Gasteiger partial charge in [-0.25, -0.2) is 0 Å². The Hall–Kier alpha value is -1.35. The lowest BCUT2D eigenvalue weighted by molar-refractivity contribution is 0.198. The Labute approximate surface area is 131 Å². The van der Waals surface area contributed by atoms with Crippen molar-refractivity contribution >= 4 is 11.6 Å². The zero-order valence-electron chi connectivity index (χ0n) is 12.3. The lowest BCUT2D eigenvalue weighted by atomic mass is 9.93. The van der Waals surface area contributed by atoms with Crippen molar-refractivity contribution in [2.75, 3.05) is 26.2 Å². The van der Waals surface area contributed by atoms with Gasteiger partial charge in [-0.1, -0.05) is 54.1 Å². The number of nitrogens with one attached hydrogen (secondary N) is 1. The molecular formula is C18H21ClN2. The summed E-state index contributed by atoms with van der Waals surface area (Å²) in [5.41, 5.74) is 3.88. The Balaban J connectivity index is 2.07. The molecule has 1 saturated heterocycles. The van der Waals surface area contributed by atoms with Crippen LogP contribution in [0, 0.1) is 6.92 Å². The van der Waals surface area contributed by atoms with E-state index in [2.05, 4.69) is 53.5 Å². The molecule has 1 unspecified atom stereocenters. The zero-order valence-corrected chi connectivity index (χ0v) is 13.1. The predicted octanol–water partition coefficient (Wildman–Crippen LogP) is 3.64. The Bertz CT molecular complexity index is 560. The summed E-state index contributed by atoms with van der Waals surface area (Å²) in [5.74, 6) is 0. The molecule has 1 aliphatic rings. The van der Waals surface area contributed by atoms with E-state index in [1.54, 1.807) is 0 Å². The van der Waals surface area contributed by atoms with Crippen molar-refractivity contribution < 1.29 is 0 Å². The summed E-state index contributed by atoms with van der Waals surface area (Å²) in [4.78, 5) is 2.53. The van der Waals surface area contributed by atoms with Crippen molar-refractivity contribution in [3.05, 3.63) is 70.2 Å². The summed E-state index contributed by atoms with van der Waals surface area (Å²) < 4.78 is 0. The second kappa shape index (κ2) is 6.61. The van der Waals surface area contributed by atoms with Gasteiger partial charge in [-0.2, -0.15) is 0 Å². The molecule has 2 nitrogen and oxygen atoms in total. The number of rotatable bonds is 3. The van der Waals surface area contributed by atoms with Crippen molar-refractivity contribution in [3.63, 3.8) is 0 Å². The molecule has 0 radical (unpaired) electrons. The van der Waals surface area contributed by atoms with Gasteiger partial charge in [0, 0.05) is 31.2 Å². The van der Waals surface area contributed by atoms with Crippen LogP contribution in [0.5, 0.6) is 0 Å². The highest BCUT2D eigenvalue weighted by Crippen LogP contribution is 2.34. The quantitative estimate of drug-likeness (QED) is 0.931. The smallest absolute Gasteiger partial charge is 0.0619 e. The van der Waals surface area contributed by atoms with E-state index in [1.807, 2.05) is 12.1 Å².